The quantitative estimate of drug-likeness (QED) is 0.459. The van der Waals surface area contributed by atoms with Crippen molar-refractivity contribution in [1.29, 1.82) is 0 Å². The fourth-order valence-electron chi connectivity index (χ4n) is 4.15. The molecular formula is C27H30O4. The molecule has 3 aromatic carbocycles. The standard InChI is InChI=1S/C27H30O4/c1-5-29-26(28)25(31-27(2,3)4)24-21-11-7-6-9-18(21)12-14-22(24)19-13-15-23-20(17-19)10-8-16-30-23/h6-7,9,11-15,17,25H,5,8,10,16H2,1-4H3. The molecule has 4 nitrogen and oxygen atoms in total. The van der Waals surface area contributed by atoms with Gasteiger partial charge in [0, 0.05) is 5.56 Å². The molecule has 0 saturated carbocycles. The van der Waals surface area contributed by atoms with E-state index in [4.69, 9.17) is 14.2 Å². The van der Waals surface area contributed by atoms with Gasteiger partial charge in [0.1, 0.15) is 5.75 Å². The number of carbonyl (C=O) groups excluding carboxylic acids is 1. The summed E-state index contributed by atoms with van der Waals surface area (Å²) >= 11 is 0. The number of hydrogen-bond acceptors (Lipinski definition) is 4. The number of ether oxygens (including phenoxy) is 3. The number of benzene rings is 3. The van der Waals surface area contributed by atoms with Crippen LogP contribution >= 0.6 is 0 Å². The molecule has 162 valence electrons. The zero-order valence-corrected chi connectivity index (χ0v) is 18.7. The summed E-state index contributed by atoms with van der Waals surface area (Å²) < 4.78 is 17.6. The van der Waals surface area contributed by atoms with Crippen LogP contribution in [0.2, 0.25) is 0 Å². The molecule has 0 bridgehead atoms. The monoisotopic (exact) mass is 418 g/mol. The third kappa shape index (κ3) is 4.59. The first-order valence-corrected chi connectivity index (χ1v) is 11.0. The van der Waals surface area contributed by atoms with E-state index >= 15 is 0 Å². The Kier molecular flexibility index (Phi) is 6.01. The molecule has 1 unspecified atom stereocenters. The average molecular weight is 419 g/mol. The molecule has 1 heterocycles. The van der Waals surface area contributed by atoms with Gasteiger partial charge in [-0.1, -0.05) is 42.5 Å². The Balaban J connectivity index is 1.94. The minimum Gasteiger partial charge on any atom is -0.493 e. The lowest BCUT2D eigenvalue weighted by atomic mass is 9.89. The van der Waals surface area contributed by atoms with Crippen LogP contribution in [0.4, 0.5) is 0 Å². The highest BCUT2D eigenvalue weighted by Crippen LogP contribution is 2.40. The number of hydrogen-bond donors (Lipinski definition) is 0. The van der Waals surface area contributed by atoms with Crippen molar-refractivity contribution in [3.8, 4) is 16.9 Å². The molecule has 1 aliphatic rings. The third-order valence-corrected chi connectivity index (χ3v) is 5.42. The lowest BCUT2D eigenvalue weighted by Crippen LogP contribution is -2.29. The van der Waals surface area contributed by atoms with E-state index < -0.39 is 11.7 Å². The molecular weight excluding hydrogens is 388 g/mol. The second-order valence-electron chi connectivity index (χ2n) is 8.88. The smallest absolute Gasteiger partial charge is 0.340 e. The maximum absolute atomic E-state index is 13.1. The summed E-state index contributed by atoms with van der Waals surface area (Å²) in [6.45, 7) is 8.76. The van der Waals surface area contributed by atoms with Gasteiger partial charge in [0.15, 0.2) is 6.10 Å². The summed E-state index contributed by atoms with van der Waals surface area (Å²) in [4.78, 5) is 13.1. The van der Waals surface area contributed by atoms with Crippen molar-refractivity contribution in [3.63, 3.8) is 0 Å². The van der Waals surface area contributed by atoms with E-state index in [2.05, 4.69) is 30.3 Å². The number of esters is 1. The minimum atomic E-state index is -0.826. The van der Waals surface area contributed by atoms with Crippen LogP contribution in [0.3, 0.4) is 0 Å². The van der Waals surface area contributed by atoms with Crippen molar-refractivity contribution in [2.24, 2.45) is 0 Å². The Morgan fingerprint density at radius 2 is 1.90 bits per heavy atom. The van der Waals surface area contributed by atoms with Gasteiger partial charge in [-0.2, -0.15) is 0 Å². The Morgan fingerprint density at radius 3 is 2.68 bits per heavy atom. The first-order chi connectivity index (χ1) is 14.9. The van der Waals surface area contributed by atoms with Gasteiger partial charge < -0.3 is 14.2 Å². The topological polar surface area (TPSA) is 44.8 Å². The lowest BCUT2D eigenvalue weighted by Gasteiger charge is -2.29. The van der Waals surface area contributed by atoms with Gasteiger partial charge in [-0.3, -0.25) is 0 Å². The first kappa shape index (κ1) is 21.4. The SMILES string of the molecule is CCOC(=O)C(OC(C)(C)C)c1c(-c2ccc3c(c2)CCCO3)ccc2ccccc12. The predicted octanol–water partition coefficient (Wildman–Crippen LogP) is 6.25. The molecule has 4 heteroatoms. The van der Waals surface area contributed by atoms with Crippen LogP contribution in [-0.4, -0.2) is 24.8 Å². The van der Waals surface area contributed by atoms with Crippen molar-refractivity contribution >= 4 is 16.7 Å². The highest BCUT2D eigenvalue weighted by molar-refractivity contribution is 5.96. The molecule has 31 heavy (non-hydrogen) atoms. The Bertz CT molecular complexity index is 1090. The van der Waals surface area contributed by atoms with Crippen LogP contribution in [0, 0.1) is 0 Å². The van der Waals surface area contributed by atoms with Gasteiger partial charge in [0.25, 0.3) is 0 Å². The van der Waals surface area contributed by atoms with Gasteiger partial charge in [-0.25, -0.2) is 4.79 Å². The summed E-state index contributed by atoms with van der Waals surface area (Å²) in [5.74, 6) is 0.585. The molecule has 4 rings (SSSR count). The lowest BCUT2D eigenvalue weighted by molar-refractivity contribution is -0.166. The molecule has 1 atom stereocenters. The van der Waals surface area contributed by atoms with Gasteiger partial charge in [-0.15, -0.1) is 0 Å². The van der Waals surface area contributed by atoms with Gasteiger partial charge in [0.05, 0.1) is 18.8 Å². The maximum atomic E-state index is 13.1. The average Bonchev–Trinajstić information content (AvgIpc) is 2.76. The second-order valence-corrected chi connectivity index (χ2v) is 8.88. The van der Waals surface area contributed by atoms with E-state index in [1.165, 1.54) is 5.56 Å². The Morgan fingerprint density at radius 1 is 1.10 bits per heavy atom. The number of aryl methyl sites for hydroxylation is 1. The maximum Gasteiger partial charge on any atom is 0.340 e. The zero-order chi connectivity index (χ0) is 22.0. The Labute approximate surface area is 184 Å². The molecule has 0 amide bonds. The highest BCUT2D eigenvalue weighted by Gasteiger charge is 2.32. The summed E-state index contributed by atoms with van der Waals surface area (Å²) in [5, 5.41) is 2.06. The van der Waals surface area contributed by atoms with E-state index in [1.807, 2.05) is 52.0 Å². The highest BCUT2D eigenvalue weighted by atomic mass is 16.6. The normalized spacial score (nSPS) is 14.6. The number of rotatable bonds is 5. The Hall–Kier alpha value is -2.85. The number of carbonyl (C=O) groups is 1. The minimum absolute atomic E-state index is 0.305. The third-order valence-electron chi connectivity index (χ3n) is 5.42. The molecule has 0 N–H and O–H groups in total. The molecule has 0 spiro atoms. The fraction of sp³-hybridized carbons (Fsp3) is 0.370. The molecule has 0 fully saturated rings. The van der Waals surface area contributed by atoms with E-state index in [0.717, 1.165) is 52.7 Å². The molecule has 0 aromatic heterocycles. The molecule has 0 aliphatic carbocycles. The zero-order valence-electron chi connectivity index (χ0n) is 18.7. The van der Waals surface area contributed by atoms with Gasteiger partial charge in [0.2, 0.25) is 0 Å². The van der Waals surface area contributed by atoms with E-state index in [1.54, 1.807) is 0 Å². The summed E-state index contributed by atoms with van der Waals surface area (Å²) in [5.41, 5.74) is 3.57. The van der Waals surface area contributed by atoms with E-state index in [9.17, 15) is 4.79 Å². The van der Waals surface area contributed by atoms with Crippen LogP contribution in [0.1, 0.15) is 51.3 Å². The van der Waals surface area contributed by atoms with E-state index in [0.29, 0.717) is 6.61 Å². The van der Waals surface area contributed by atoms with Crippen molar-refractivity contribution < 1.29 is 19.0 Å². The van der Waals surface area contributed by atoms with Gasteiger partial charge in [-0.05, 0) is 80.1 Å². The fourth-order valence-corrected chi connectivity index (χ4v) is 4.15. The molecule has 0 saturated heterocycles. The van der Waals surface area contributed by atoms with Crippen molar-refractivity contribution in [1.82, 2.24) is 0 Å². The summed E-state index contributed by atoms with van der Waals surface area (Å²) in [7, 11) is 0. The predicted molar refractivity (Wildman–Crippen MR) is 123 cm³/mol. The molecule has 3 aromatic rings. The molecule has 0 radical (unpaired) electrons. The van der Waals surface area contributed by atoms with Crippen LogP contribution < -0.4 is 4.74 Å². The van der Waals surface area contributed by atoms with Crippen LogP contribution in [-0.2, 0) is 20.7 Å². The van der Waals surface area contributed by atoms with E-state index in [-0.39, 0.29) is 5.97 Å². The van der Waals surface area contributed by atoms with Crippen LogP contribution in [0.15, 0.2) is 54.6 Å². The van der Waals surface area contributed by atoms with Crippen molar-refractivity contribution in [2.75, 3.05) is 13.2 Å². The van der Waals surface area contributed by atoms with Crippen LogP contribution in [0.5, 0.6) is 5.75 Å². The largest absolute Gasteiger partial charge is 0.493 e. The molecule has 1 aliphatic heterocycles. The van der Waals surface area contributed by atoms with Crippen LogP contribution in [0.25, 0.3) is 21.9 Å². The number of fused-ring (bicyclic) bond motifs is 2. The van der Waals surface area contributed by atoms with Crippen molar-refractivity contribution in [2.45, 2.75) is 52.2 Å². The summed E-state index contributed by atoms with van der Waals surface area (Å²) in [6.07, 6.45) is 1.18. The summed E-state index contributed by atoms with van der Waals surface area (Å²) in [6, 6.07) is 18.6. The first-order valence-electron chi connectivity index (χ1n) is 11.0. The van der Waals surface area contributed by atoms with Crippen molar-refractivity contribution in [3.05, 3.63) is 65.7 Å². The second kappa shape index (κ2) is 8.72. The van der Waals surface area contributed by atoms with Gasteiger partial charge >= 0.3 is 5.97 Å².